The SMILES string of the molecule is O=S(=O)(/N=C(\[O-])C1c2ccccc2Oc2ccccc21)C(F)(F)F. The first kappa shape index (κ1) is 16.3. The van der Waals surface area contributed by atoms with Gasteiger partial charge in [0.05, 0.1) is 0 Å². The second kappa shape index (κ2) is 5.52. The van der Waals surface area contributed by atoms with Crippen LogP contribution in [0.2, 0.25) is 0 Å². The number of alkyl halides is 3. The van der Waals surface area contributed by atoms with Crippen LogP contribution in [0.15, 0.2) is 52.9 Å². The van der Waals surface area contributed by atoms with Crippen LogP contribution in [0.3, 0.4) is 0 Å². The van der Waals surface area contributed by atoms with Gasteiger partial charge in [0, 0.05) is 17.0 Å². The van der Waals surface area contributed by atoms with Gasteiger partial charge in [0.2, 0.25) is 0 Å². The van der Waals surface area contributed by atoms with E-state index < -0.39 is 27.3 Å². The predicted octanol–water partition coefficient (Wildman–Crippen LogP) is 2.53. The maximum atomic E-state index is 12.5. The van der Waals surface area contributed by atoms with Crippen molar-refractivity contribution < 1.29 is 31.4 Å². The van der Waals surface area contributed by atoms with Gasteiger partial charge in [0.1, 0.15) is 11.5 Å². The second-order valence-corrected chi connectivity index (χ2v) is 6.56. The number of fused-ring (bicyclic) bond motifs is 2. The van der Waals surface area contributed by atoms with E-state index in [1.807, 2.05) is 0 Å². The van der Waals surface area contributed by atoms with Gasteiger partial charge in [-0.05, 0) is 18.0 Å². The highest BCUT2D eigenvalue weighted by Gasteiger charge is 2.46. The first-order chi connectivity index (χ1) is 11.2. The number of para-hydroxylation sites is 2. The van der Waals surface area contributed by atoms with E-state index in [9.17, 15) is 26.7 Å². The maximum absolute atomic E-state index is 12.5. The molecule has 1 heterocycles. The van der Waals surface area contributed by atoms with Gasteiger partial charge in [0.25, 0.3) is 0 Å². The fraction of sp³-hybridized carbons (Fsp3) is 0.133. The molecule has 0 spiro atoms. The summed E-state index contributed by atoms with van der Waals surface area (Å²) < 4.78 is 67.9. The van der Waals surface area contributed by atoms with Crippen LogP contribution < -0.4 is 9.84 Å². The molecule has 5 nitrogen and oxygen atoms in total. The lowest BCUT2D eigenvalue weighted by atomic mass is 9.88. The monoisotopic (exact) mass is 356 g/mol. The molecule has 0 saturated carbocycles. The maximum Gasteiger partial charge on any atom is 0.518 e. The standard InChI is InChI=1S/C15H10F3NO4S/c16-15(17,18)24(21,22)19-14(20)13-9-5-1-3-7-11(9)23-12-8-4-2-6-10(12)13/h1-8,13H,(H,19,20)/p-1. The van der Waals surface area contributed by atoms with Gasteiger partial charge in [0.15, 0.2) is 0 Å². The summed E-state index contributed by atoms with van der Waals surface area (Å²) in [5.41, 5.74) is -5.13. The van der Waals surface area contributed by atoms with E-state index in [0.29, 0.717) is 0 Å². The lowest BCUT2D eigenvalue weighted by Gasteiger charge is -2.31. The van der Waals surface area contributed by atoms with Crippen molar-refractivity contribution in [3.05, 3.63) is 59.7 Å². The van der Waals surface area contributed by atoms with Crippen molar-refractivity contribution in [3.8, 4) is 11.5 Å². The van der Waals surface area contributed by atoms with E-state index in [0.717, 1.165) is 0 Å². The molecule has 2 aromatic rings. The van der Waals surface area contributed by atoms with Crippen molar-refractivity contribution in [1.82, 2.24) is 0 Å². The Hall–Kier alpha value is -2.55. The van der Waals surface area contributed by atoms with E-state index in [4.69, 9.17) is 4.74 Å². The van der Waals surface area contributed by atoms with E-state index >= 15 is 0 Å². The Morgan fingerprint density at radius 1 is 1.00 bits per heavy atom. The summed E-state index contributed by atoms with van der Waals surface area (Å²) in [6, 6.07) is 12.4. The molecule has 9 heteroatoms. The lowest BCUT2D eigenvalue weighted by molar-refractivity contribution is -0.219. The first-order valence-electron chi connectivity index (χ1n) is 6.64. The molecule has 0 unspecified atom stereocenters. The van der Waals surface area contributed by atoms with Crippen molar-refractivity contribution in [1.29, 1.82) is 0 Å². The largest absolute Gasteiger partial charge is 0.860 e. The van der Waals surface area contributed by atoms with Crippen LogP contribution >= 0.6 is 0 Å². The summed E-state index contributed by atoms with van der Waals surface area (Å²) in [6.45, 7) is 0. The molecule has 0 bridgehead atoms. The molecule has 0 saturated heterocycles. The molecule has 0 aliphatic carbocycles. The van der Waals surface area contributed by atoms with Crippen LogP contribution in [0, 0.1) is 0 Å². The van der Waals surface area contributed by atoms with Gasteiger partial charge >= 0.3 is 15.5 Å². The molecule has 1 aliphatic rings. The second-order valence-electron chi connectivity index (χ2n) is 4.96. The van der Waals surface area contributed by atoms with Crippen molar-refractivity contribution in [2.75, 3.05) is 0 Å². The Labute approximate surface area is 135 Å². The molecule has 0 aromatic heterocycles. The zero-order chi connectivity index (χ0) is 17.5. The molecule has 3 rings (SSSR count). The highest BCUT2D eigenvalue weighted by Crippen LogP contribution is 2.44. The molecular weight excluding hydrogens is 347 g/mol. The van der Waals surface area contributed by atoms with Gasteiger partial charge < -0.3 is 9.84 Å². The Bertz CT molecular complexity index is 877. The van der Waals surface area contributed by atoms with Gasteiger partial charge in [-0.25, -0.2) is 0 Å². The van der Waals surface area contributed by atoms with Crippen molar-refractivity contribution >= 4 is 15.9 Å². The summed E-state index contributed by atoms with van der Waals surface area (Å²) >= 11 is 0. The molecule has 1 aliphatic heterocycles. The van der Waals surface area contributed by atoms with Crippen LogP contribution in [-0.2, 0) is 10.0 Å². The number of ether oxygens (including phenoxy) is 1. The minimum atomic E-state index is -5.92. The Balaban J connectivity index is 2.18. The molecule has 0 radical (unpaired) electrons. The highest BCUT2D eigenvalue weighted by molar-refractivity contribution is 7.91. The number of halogens is 3. The smallest absolute Gasteiger partial charge is 0.518 e. The third-order valence-electron chi connectivity index (χ3n) is 3.43. The fourth-order valence-electron chi connectivity index (χ4n) is 2.40. The zero-order valence-corrected chi connectivity index (χ0v) is 12.6. The number of hydrogen-bond acceptors (Lipinski definition) is 4. The average molecular weight is 356 g/mol. The summed E-state index contributed by atoms with van der Waals surface area (Å²) in [6.07, 6.45) is 0. The third kappa shape index (κ3) is 2.71. The van der Waals surface area contributed by atoms with E-state index in [1.165, 1.54) is 24.3 Å². The minimum absolute atomic E-state index is 0.252. The lowest BCUT2D eigenvalue weighted by Crippen LogP contribution is -2.32. The number of rotatable bonds is 2. The van der Waals surface area contributed by atoms with Gasteiger partial charge in [-0.2, -0.15) is 26.0 Å². The summed E-state index contributed by atoms with van der Waals surface area (Å²) in [5, 5.41) is 12.3. The van der Waals surface area contributed by atoms with Gasteiger partial charge in [-0.15, -0.1) is 0 Å². The van der Waals surface area contributed by atoms with Crippen LogP contribution in [0.5, 0.6) is 11.5 Å². The van der Waals surface area contributed by atoms with Crippen LogP contribution in [0.1, 0.15) is 17.0 Å². The van der Waals surface area contributed by atoms with Crippen molar-refractivity contribution in [2.45, 2.75) is 11.4 Å². The van der Waals surface area contributed by atoms with Gasteiger partial charge in [-0.3, -0.25) is 0 Å². The summed E-state index contributed by atoms with van der Waals surface area (Å²) in [4.78, 5) is 0. The molecule has 0 fully saturated rings. The average Bonchev–Trinajstić information content (AvgIpc) is 2.50. The third-order valence-corrected chi connectivity index (χ3v) is 4.43. The van der Waals surface area contributed by atoms with Crippen LogP contribution in [-0.4, -0.2) is 19.8 Å². The van der Waals surface area contributed by atoms with E-state index in [2.05, 4.69) is 4.40 Å². The van der Waals surface area contributed by atoms with Crippen LogP contribution in [0.25, 0.3) is 0 Å². The summed E-state index contributed by atoms with van der Waals surface area (Å²) in [5.74, 6) is -2.19. The Morgan fingerprint density at radius 2 is 1.46 bits per heavy atom. The van der Waals surface area contributed by atoms with Crippen molar-refractivity contribution in [2.24, 2.45) is 4.40 Å². The molecule has 0 N–H and O–H groups in total. The molecular formula is C15H9F3NO4S-. The number of benzene rings is 2. The fourth-order valence-corrected chi connectivity index (χ4v) is 2.84. The minimum Gasteiger partial charge on any atom is -0.860 e. The zero-order valence-electron chi connectivity index (χ0n) is 11.8. The topological polar surface area (TPSA) is 78.8 Å². The Morgan fingerprint density at radius 3 is 1.92 bits per heavy atom. The molecule has 0 atom stereocenters. The highest BCUT2D eigenvalue weighted by atomic mass is 32.2. The normalized spacial score (nSPS) is 15.4. The van der Waals surface area contributed by atoms with E-state index in [-0.39, 0.29) is 22.6 Å². The van der Waals surface area contributed by atoms with Gasteiger partial charge in [-0.1, -0.05) is 36.4 Å². The number of nitrogens with zero attached hydrogens (tertiary/aromatic N) is 1. The first-order valence-corrected chi connectivity index (χ1v) is 8.08. The molecule has 0 amide bonds. The van der Waals surface area contributed by atoms with E-state index in [1.54, 1.807) is 24.3 Å². The number of hydrogen-bond donors (Lipinski definition) is 0. The quantitative estimate of drug-likeness (QED) is 0.612. The molecule has 126 valence electrons. The summed E-state index contributed by atoms with van der Waals surface area (Å²) in [7, 11) is -5.92. The Kier molecular flexibility index (Phi) is 3.75. The molecule has 24 heavy (non-hydrogen) atoms. The molecule has 2 aromatic carbocycles. The van der Waals surface area contributed by atoms with Crippen LogP contribution in [0.4, 0.5) is 13.2 Å². The number of sulfonamides is 1. The predicted molar refractivity (Wildman–Crippen MR) is 77.2 cm³/mol. The van der Waals surface area contributed by atoms with Crippen molar-refractivity contribution in [3.63, 3.8) is 0 Å².